The van der Waals surface area contributed by atoms with Crippen LogP contribution in [0, 0.1) is 19.7 Å². The van der Waals surface area contributed by atoms with E-state index >= 15 is 0 Å². The van der Waals surface area contributed by atoms with Crippen molar-refractivity contribution in [3.05, 3.63) is 57.2 Å². The molecule has 0 amide bonds. The Morgan fingerprint density at radius 3 is 2.53 bits per heavy atom. The van der Waals surface area contributed by atoms with Gasteiger partial charge in [0, 0.05) is 4.47 Å². The van der Waals surface area contributed by atoms with Gasteiger partial charge in [-0.1, -0.05) is 22.0 Å². The molecule has 0 bridgehead atoms. The number of aryl methyl sites for hydroxylation is 2. The first-order chi connectivity index (χ1) is 7.99. The molecule has 0 spiro atoms. The van der Waals surface area contributed by atoms with Crippen LogP contribution in [0.2, 0.25) is 0 Å². The van der Waals surface area contributed by atoms with Crippen molar-refractivity contribution in [2.75, 3.05) is 0 Å². The summed E-state index contributed by atoms with van der Waals surface area (Å²) in [6, 6.07) is 5.98. The molecule has 2 aromatic rings. The van der Waals surface area contributed by atoms with E-state index in [-0.39, 0.29) is 5.82 Å². The molecule has 0 saturated heterocycles. The lowest BCUT2D eigenvalue weighted by molar-refractivity contribution is 0.464. The van der Waals surface area contributed by atoms with Crippen molar-refractivity contribution in [1.29, 1.82) is 0 Å². The summed E-state index contributed by atoms with van der Waals surface area (Å²) in [5, 5.41) is 0. The predicted molar refractivity (Wildman–Crippen MR) is 68.3 cm³/mol. The van der Waals surface area contributed by atoms with Crippen LogP contribution in [-0.2, 0) is 0 Å². The smallest absolute Gasteiger partial charge is 0.125 e. The lowest BCUT2D eigenvalue weighted by Crippen LogP contribution is -2.11. The minimum atomic E-state index is -0.391. The molecule has 1 aromatic heterocycles. The van der Waals surface area contributed by atoms with Crippen molar-refractivity contribution in [3.63, 3.8) is 0 Å². The van der Waals surface area contributed by atoms with E-state index in [1.165, 1.54) is 12.1 Å². The van der Waals surface area contributed by atoms with E-state index in [0.29, 0.717) is 10.2 Å². The third-order valence-electron chi connectivity index (χ3n) is 2.79. The largest absolute Gasteiger partial charge is 0.464 e. The second kappa shape index (κ2) is 4.63. The van der Waals surface area contributed by atoms with Crippen molar-refractivity contribution in [1.82, 2.24) is 0 Å². The Hall–Kier alpha value is -1.13. The Labute approximate surface area is 108 Å². The highest BCUT2D eigenvalue weighted by Gasteiger charge is 2.17. The van der Waals surface area contributed by atoms with Crippen molar-refractivity contribution in [2.24, 2.45) is 5.73 Å². The minimum absolute atomic E-state index is 0.292. The molecular formula is C13H13BrFNO. The zero-order valence-corrected chi connectivity index (χ0v) is 11.2. The van der Waals surface area contributed by atoms with Crippen LogP contribution in [0.4, 0.5) is 4.39 Å². The zero-order valence-electron chi connectivity index (χ0n) is 9.63. The molecule has 1 unspecified atom stereocenters. The molecule has 1 atom stereocenters. The first-order valence-electron chi connectivity index (χ1n) is 5.26. The van der Waals surface area contributed by atoms with Gasteiger partial charge in [-0.15, -0.1) is 0 Å². The Bertz CT molecular complexity index is 531. The highest BCUT2D eigenvalue weighted by molar-refractivity contribution is 9.10. The monoisotopic (exact) mass is 297 g/mol. The maximum Gasteiger partial charge on any atom is 0.125 e. The van der Waals surface area contributed by atoms with Gasteiger partial charge in [-0.2, -0.15) is 0 Å². The summed E-state index contributed by atoms with van der Waals surface area (Å²) in [6.45, 7) is 3.86. The molecule has 1 heterocycles. The summed E-state index contributed by atoms with van der Waals surface area (Å²) in [4.78, 5) is 0. The third-order valence-corrected chi connectivity index (χ3v) is 3.48. The van der Waals surface area contributed by atoms with Crippen molar-refractivity contribution >= 4 is 15.9 Å². The zero-order chi connectivity index (χ0) is 12.6. The molecule has 0 aliphatic carbocycles. The van der Waals surface area contributed by atoms with Crippen LogP contribution in [0.25, 0.3) is 0 Å². The average molecular weight is 298 g/mol. The van der Waals surface area contributed by atoms with Gasteiger partial charge in [0.05, 0.1) is 6.04 Å². The summed E-state index contributed by atoms with van der Waals surface area (Å²) in [5.41, 5.74) is 7.97. The van der Waals surface area contributed by atoms with E-state index in [9.17, 15) is 4.39 Å². The minimum Gasteiger partial charge on any atom is -0.464 e. The summed E-state index contributed by atoms with van der Waals surface area (Å²) >= 11 is 3.31. The maximum atomic E-state index is 13.0. The number of halogens is 2. The second-order valence-corrected chi connectivity index (χ2v) is 4.89. The molecule has 2 N–H and O–H groups in total. The Morgan fingerprint density at radius 1 is 1.29 bits per heavy atom. The third kappa shape index (κ3) is 2.42. The number of benzene rings is 1. The molecule has 2 nitrogen and oxygen atoms in total. The Morgan fingerprint density at radius 2 is 2.00 bits per heavy atom. The van der Waals surface area contributed by atoms with Gasteiger partial charge < -0.3 is 10.2 Å². The molecule has 0 aliphatic rings. The molecule has 1 aromatic carbocycles. The van der Waals surface area contributed by atoms with Crippen LogP contribution in [0.1, 0.15) is 28.7 Å². The SMILES string of the molecule is Cc1cc(C(N)c2ccc(F)cc2Br)oc1C. The van der Waals surface area contributed by atoms with Gasteiger partial charge >= 0.3 is 0 Å². The van der Waals surface area contributed by atoms with Crippen LogP contribution in [0.3, 0.4) is 0 Å². The van der Waals surface area contributed by atoms with Gasteiger partial charge in [-0.3, -0.25) is 0 Å². The summed E-state index contributed by atoms with van der Waals surface area (Å²) in [6.07, 6.45) is 0. The molecule has 4 heteroatoms. The fourth-order valence-electron chi connectivity index (χ4n) is 1.66. The predicted octanol–water partition coefficient (Wildman–Crippen LogP) is 3.85. The van der Waals surface area contributed by atoms with E-state index in [1.54, 1.807) is 6.07 Å². The summed E-state index contributed by atoms with van der Waals surface area (Å²) < 4.78 is 19.2. The fourth-order valence-corrected chi connectivity index (χ4v) is 2.26. The number of hydrogen-bond acceptors (Lipinski definition) is 2. The van der Waals surface area contributed by atoms with Gasteiger partial charge in [-0.05, 0) is 43.2 Å². The lowest BCUT2D eigenvalue weighted by Gasteiger charge is -2.11. The highest BCUT2D eigenvalue weighted by Crippen LogP contribution is 2.29. The van der Waals surface area contributed by atoms with Crippen molar-refractivity contribution < 1.29 is 8.81 Å². The van der Waals surface area contributed by atoms with Gasteiger partial charge in [0.25, 0.3) is 0 Å². The second-order valence-electron chi connectivity index (χ2n) is 4.03. The van der Waals surface area contributed by atoms with Gasteiger partial charge in [-0.25, -0.2) is 4.39 Å². The molecule has 0 aliphatic heterocycles. The first-order valence-corrected chi connectivity index (χ1v) is 6.06. The maximum absolute atomic E-state index is 13.0. The molecule has 0 radical (unpaired) electrons. The van der Waals surface area contributed by atoms with Crippen LogP contribution in [0.5, 0.6) is 0 Å². The molecule has 0 saturated carbocycles. The fraction of sp³-hybridized carbons (Fsp3) is 0.231. The molecule has 90 valence electrons. The molecular weight excluding hydrogens is 285 g/mol. The highest BCUT2D eigenvalue weighted by atomic mass is 79.9. The Balaban J connectivity index is 2.39. The van der Waals surface area contributed by atoms with E-state index in [0.717, 1.165) is 16.9 Å². The molecule has 0 fully saturated rings. The van der Waals surface area contributed by atoms with E-state index < -0.39 is 6.04 Å². The summed E-state index contributed by atoms with van der Waals surface area (Å²) in [5.74, 6) is 1.25. The van der Waals surface area contributed by atoms with Crippen LogP contribution < -0.4 is 5.73 Å². The number of rotatable bonds is 2. The van der Waals surface area contributed by atoms with Gasteiger partial charge in [0.15, 0.2) is 0 Å². The molecule has 17 heavy (non-hydrogen) atoms. The van der Waals surface area contributed by atoms with E-state index in [2.05, 4.69) is 15.9 Å². The quantitative estimate of drug-likeness (QED) is 0.914. The Kier molecular flexibility index (Phi) is 3.35. The van der Waals surface area contributed by atoms with Gasteiger partial charge in [0.1, 0.15) is 17.3 Å². The van der Waals surface area contributed by atoms with Gasteiger partial charge in [0.2, 0.25) is 0 Å². The normalized spacial score (nSPS) is 12.8. The van der Waals surface area contributed by atoms with Crippen LogP contribution in [-0.4, -0.2) is 0 Å². The first kappa shape index (κ1) is 12.3. The van der Waals surface area contributed by atoms with Crippen LogP contribution in [0.15, 0.2) is 33.2 Å². The summed E-state index contributed by atoms with van der Waals surface area (Å²) in [7, 11) is 0. The van der Waals surface area contributed by atoms with Crippen LogP contribution >= 0.6 is 15.9 Å². The molecule has 2 rings (SSSR count). The van der Waals surface area contributed by atoms with E-state index in [4.69, 9.17) is 10.2 Å². The van der Waals surface area contributed by atoms with E-state index in [1.807, 2.05) is 19.9 Å². The standard InChI is InChI=1S/C13H13BrFNO/c1-7-5-12(17-8(7)2)13(16)10-4-3-9(15)6-11(10)14/h3-6,13H,16H2,1-2H3. The average Bonchev–Trinajstić information content (AvgIpc) is 2.58. The number of hydrogen-bond donors (Lipinski definition) is 1. The topological polar surface area (TPSA) is 39.2 Å². The number of nitrogens with two attached hydrogens (primary N) is 1. The lowest BCUT2D eigenvalue weighted by atomic mass is 10.1. The van der Waals surface area contributed by atoms with Crippen molar-refractivity contribution in [3.8, 4) is 0 Å². The number of furan rings is 1. The van der Waals surface area contributed by atoms with Crippen molar-refractivity contribution in [2.45, 2.75) is 19.9 Å².